The Morgan fingerprint density at radius 3 is 2.68 bits per heavy atom. The molecule has 0 saturated heterocycles. The summed E-state index contributed by atoms with van der Waals surface area (Å²) in [6.07, 6.45) is 0. The molecule has 2 N–H and O–H groups in total. The van der Waals surface area contributed by atoms with Crippen molar-refractivity contribution in [1.29, 1.82) is 0 Å². The molecular formula is C14H13BrFNO2. The number of rotatable bonds is 4. The van der Waals surface area contributed by atoms with Crippen LogP contribution in [0.15, 0.2) is 40.9 Å². The van der Waals surface area contributed by atoms with E-state index in [0.717, 1.165) is 0 Å². The van der Waals surface area contributed by atoms with Crippen LogP contribution < -0.4 is 15.2 Å². The summed E-state index contributed by atoms with van der Waals surface area (Å²) in [4.78, 5) is 0. The summed E-state index contributed by atoms with van der Waals surface area (Å²) in [5.74, 6) is 1.26. The van der Waals surface area contributed by atoms with Crippen LogP contribution in [0.25, 0.3) is 0 Å². The van der Waals surface area contributed by atoms with Gasteiger partial charge in [0.15, 0.2) is 5.75 Å². The Morgan fingerprint density at radius 1 is 1.21 bits per heavy atom. The van der Waals surface area contributed by atoms with Crippen molar-refractivity contribution in [2.75, 3.05) is 12.3 Å². The maximum absolute atomic E-state index is 13.3. The molecule has 2 aromatic rings. The lowest BCUT2D eigenvalue weighted by atomic mass is 10.3. The van der Waals surface area contributed by atoms with Gasteiger partial charge in [-0.25, -0.2) is 4.39 Å². The molecule has 0 saturated carbocycles. The largest absolute Gasteiger partial charge is 0.494 e. The molecule has 0 bridgehead atoms. The molecule has 0 aliphatic carbocycles. The summed E-state index contributed by atoms with van der Waals surface area (Å²) in [6, 6.07) is 9.89. The molecule has 2 aromatic carbocycles. The number of hydrogen-bond donors (Lipinski definition) is 1. The first-order valence-corrected chi connectivity index (χ1v) is 6.54. The van der Waals surface area contributed by atoms with Crippen molar-refractivity contribution >= 4 is 21.6 Å². The van der Waals surface area contributed by atoms with Crippen molar-refractivity contribution < 1.29 is 13.9 Å². The smallest absolute Gasteiger partial charge is 0.151 e. The molecule has 5 heteroatoms. The van der Waals surface area contributed by atoms with Crippen LogP contribution in [0.3, 0.4) is 0 Å². The van der Waals surface area contributed by atoms with E-state index in [2.05, 4.69) is 15.9 Å². The second kappa shape index (κ2) is 5.93. The number of nitrogen functional groups attached to an aromatic ring is 1. The average Bonchev–Trinajstić information content (AvgIpc) is 2.37. The topological polar surface area (TPSA) is 44.5 Å². The molecular weight excluding hydrogens is 313 g/mol. The number of anilines is 1. The Kier molecular flexibility index (Phi) is 4.27. The zero-order valence-electron chi connectivity index (χ0n) is 10.3. The number of hydrogen-bond acceptors (Lipinski definition) is 3. The van der Waals surface area contributed by atoms with Gasteiger partial charge in [0.2, 0.25) is 0 Å². The normalized spacial score (nSPS) is 10.3. The van der Waals surface area contributed by atoms with Crippen LogP contribution in [0.5, 0.6) is 17.2 Å². The minimum atomic E-state index is -0.423. The average molecular weight is 326 g/mol. The number of nitrogens with two attached hydrogens (primary N) is 1. The van der Waals surface area contributed by atoms with Crippen LogP contribution in [0.1, 0.15) is 6.92 Å². The summed E-state index contributed by atoms with van der Waals surface area (Å²) in [5.41, 5.74) is 5.96. The first kappa shape index (κ1) is 13.7. The van der Waals surface area contributed by atoms with Crippen molar-refractivity contribution in [3.8, 4) is 17.2 Å². The molecule has 0 heterocycles. The lowest BCUT2D eigenvalue weighted by Crippen LogP contribution is -1.95. The predicted octanol–water partition coefficient (Wildman–Crippen LogP) is 4.36. The van der Waals surface area contributed by atoms with Crippen molar-refractivity contribution in [3.63, 3.8) is 0 Å². The highest BCUT2D eigenvalue weighted by Gasteiger charge is 2.08. The zero-order chi connectivity index (χ0) is 13.8. The molecule has 0 unspecified atom stereocenters. The van der Waals surface area contributed by atoms with Crippen LogP contribution in [0.2, 0.25) is 0 Å². The van der Waals surface area contributed by atoms with Gasteiger partial charge in [0.1, 0.15) is 17.3 Å². The molecule has 0 aliphatic heterocycles. The van der Waals surface area contributed by atoms with Gasteiger partial charge in [0.25, 0.3) is 0 Å². The van der Waals surface area contributed by atoms with Gasteiger partial charge >= 0.3 is 0 Å². The van der Waals surface area contributed by atoms with E-state index in [4.69, 9.17) is 15.2 Å². The fourth-order valence-corrected chi connectivity index (χ4v) is 1.88. The number of halogens is 2. The number of ether oxygens (including phenoxy) is 2. The minimum absolute atomic E-state index is 0.238. The lowest BCUT2D eigenvalue weighted by Gasteiger charge is -2.10. The summed E-state index contributed by atoms with van der Waals surface area (Å²) in [5, 5.41) is 0. The molecule has 100 valence electrons. The Labute approximate surface area is 119 Å². The molecule has 3 nitrogen and oxygen atoms in total. The monoisotopic (exact) mass is 325 g/mol. The zero-order valence-corrected chi connectivity index (χ0v) is 11.9. The van der Waals surface area contributed by atoms with Crippen molar-refractivity contribution in [2.24, 2.45) is 0 Å². The molecule has 0 atom stereocenters. The standard InChI is InChI=1S/C14H13BrFNO2/c1-2-18-9-4-3-5-10(6-9)19-14-7-11(15)12(16)8-13(14)17/h3-8H,2,17H2,1H3. The first-order valence-electron chi connectivity index (χ1n) is 5.75. The van der Waals surface area contributed by atoms with E-state index in [-0.39, 0.29) is 5.69 Å². The van der Waals surface area contributed by atoms with Crippen LogP contribution in [0, 0.1) is 5.82 Å². The minimum Gasteiger partial charge on any atom is -0.494 e. The lowest BCUT2D eigenvalue weighted by molar-refractivity contribution is 0.338. The van der Waals surface area contributed by atoms with Crippen molar-refractivity contribution in [1.82, 2.24) is 0 Å². The second-order valence-corrected chi connectivity index (χ2v) is 4.67. The first-order chi connectivity index (χ1) is 9.10. The van der Waals surface area contributed by atoms with E-state index in [0.29, 0.717) is 28.3 Å². The van der Waals surface area contributed by atoms with Gasteiger partial charge in [0, 0.05) is 18.2 Å². The maximum Gasteiger partial charge on any atom is 0.151 e. The molecule has 0 amide bonds. The highest BCUT2D eigenvalue weighted by Crippen LogP contribution is 2.33. The van der Waals surface area contributed by atoms with E-state index >= 15 is 0 Å². The van der Waals surface area contributed by atoms with Gasteiger partial charge in [-0.15, -0.1) is 0 Å². The molecule has 0 fully saturated rings. The highest BCUT2D eigenvalue weighted by molar-refractivity contribution is 9.10. The predicted molar refractivity (Wildman–Crippen MR) is 76.2 cm³/mol. The van der Waals surface area contributed by atoms with Crippen LogP contribution in [-0.4, -0.2) is 6.61 Å². The maximum atomic E-state index is 13.3. The Bertz CT molecular complexity index is 590. The van der Waals surface area contributed by atoms with Gasteiger partial charge in [-0.3, -0.25) is 0 Å². The Hall–Kier alpha value is -1.75. The second-order valence-electron chi connectivity index (χ2n) is 3.81. The fraction of sp³-hybridized carbons (Fsp3) is 0.143. The van der Waals surface area contributed by atoms with Gasteiger partial charge in [-0.05, 0) is 35.0 Å². The Balaban J connectivity index is 2.25. The van der Waals surface area contributed by atoms with E-state index in [1.54, 1.807) is 12.1 Å². The molecule has 0 aliphatic rings. The van der Waals surface area contributed by atoms with Crippen LogP contribution in [0.4, 0.5) is 10.1 Å². The summed E-state index contributed by atoms with van der Waals surface area (Å²) in [7, 11) is 0. The summed E-state index contributed by atoms with van der Waals surface area (Å²) in [6.45, 7) is 2.48. The molecule has 0 spiro atoms. The summed E-state index contributed by atoms with van der Waals surface area (Å²) >= 11 is 3.10. The highest BCUT2D eigenvalue weighted by atomic mass is 79.9. The third kappa shape index (κ3) is 3.38. The van der Waals surface area contributed by atoms with Crippen LogP contribution in [-0.2, 0) is 0 Å². The molecule has 2 rings (SSSR count). The number of benzene rings is 2. The van der Waals surface area contributed by atoms with Gasteiger partial charge in [0.05, 0.1) is 16.8 Å². The molecule has 0 radical (unpaired) electrons. The van der Waals surface area contributed by atoms with Gasteiger partial charge in [-0.1, -0.05) is 6.07 Å². The summed E-state index contributed by atoms with van der Waals surface area (Å²) < 4.78 is 24.6. The van der Waals surface area contributed by atoms with E-state index in [1.165, 1.54) is 12.1 Å². The van der Waals surface area contributed by atoms with Gasteiger partial charge < -0.3 is 15.2 Å². The molecule has 0 aromatic heterocycles. The fourth-order valence-electron chi connectivity index (χ4n) is 1.55. The van der Waals surface area contributed by atoms with Crippen molar-refractivity contribution in [3.05, 3.63) is 46.7 Å². The quantitative estimate of drug-likeness (QED) is 0.849. The Morgan fingerprint density at radius 2 is 1.95 bits per heavy atom. The van der Waals surface area contributed by atoms with E-state index in [1.807, 2.05) is 19.1 Å². The SMILES string of the molecule is CCOc1cccc(Oc2cc(Br)c(F)cc2N)c1. The van der Waals surface area contributed by atoms with Crippen molar-refractivity contribution in [2.45, 2.75) is 6.92 Å². The van der Waals surface area contributed by atoms with E-state index in [9.17, 15) is 4.39 Å². The molecule has 19 heavy (non-hydrogen) atoms. The van der Waals surface area contributed by atoms with Crippen LogP contribution >= 0.6 is 15.9 Å². The third-order valence-electron chi connectivity index (χ3n) is 2.40. The van der Waals surface area contributed by atoms with E-state index < -0.39 is 5.82 Å². The third-order valence-corrected chi connectivity index (χ3v) is 3.00. The van der Waals surface area contributed by atoms with Gasteiger partial charge in [-0.2, -0.15) is 0 Å².